The third-order valence-corrected chi connectivity index (χ3v) is 5.34. The number of anilines is 2. The second-order valence-corrected chi connectivity index (χ2v) is 7.34. The zero-order valence-electron chi connectivity index (χ0n) is 16.4. The highest BCUT2D eigenvalue weighted by atomic mass is 35.5. The predicted molar refractivity (Wildman–Crippen MR) is 119 cm³/mol. The standard InChI is InChI=1S/C22H20ClN5O2/c1-24-16-4-5-17-18(10-16)21(25-11-14-3-6-20(30-2)19(23)9-14)26-27-22(17)28-8-7-15(12-28)13-29/h3-7,9-10,29H,8,11-13H2,2H3,(H,25,26). The highest BCUT2D eigenvalue weighted by molar-refractivity contribution is 6.32. The van der Waals surface area contributed by atoms with E-state index >= 15 is 0 Å². The molecule has 0 spiro atoms. The molecule has 1 aromatic heterocycles. The number of nitrogens with one attached hydrogen (secondary N) is 1. The van der Waals surface area contributed by atoms with Crippen molar-refractivity contribution >= 4 is 39.7 Å². The average molecular weight is 422 g/mol. The summed E-state index contributed by atoms with van der Waals surface area (Å²) in [4.78, 5) is 5.61. The molecule has 30 heavy (non-hydrogen) atoms. The van der Waals surface area contributed by atoms with Crippen molar-refractivity contribution in [1.29, 1.82) is 0 Å². The molecule has 0 bridgehead atoms. The molecule has 2 N–H and O–H groups in total. The maximum absolute atomic E-state index is 9.40. The average Bonchev–Trinajstić information content (AvgIpc) is 3.26. The fraction of sp³-hybridized carbons (Fsp3) is 0.227. The summed E-state index contributed by atoms with van der Waals surface area (Å²) in [5.41, 5.74) is 2.46. The Bertz CT molecular complexity index is 1170. The van der Waals surface area contributed by atoms with Gasteiger partial charge in [-0.15, -0.1) is 10.2 Å². The van der Waals surface area contributed by atoms with Crippen molar-refractivity contribution in [2.75, 3.05) is 37.0 Å². The molecule has 0 atom stereocenters. The first-order chi connectivity index (χ1) is 14.6. The quantitative estimate of drug-likeness (QED) is 0.459. The molecule has 4 rings (SSSR count). The van der Waals surface area contributed by atoms with E-state index in [1.165, 1.54) is 0 Å². The smallest absolute Gasteiger partial charge is 0.188 e. The number of fused-ring (bicyclic) bond motifs is 1. The molecule has 152 valence electrons. The number of aliphatic hydroxyl groups is 1. The SMILES string of the molecule is [C-]#[N+]c1ccc2c(N3CC=C(CO)C3)nnc(NCc3ccc(OC)c(Cl)c3)c2c1. The lowest BCUT2D eigenvalue weighted by atomic mass is 10.1. The van der Waals surface area contributed by atoms with E-state index in [-0.39, 0.29) is 6.61 Å². The van der Waals surface area contributed by atoms with Gasteiger partial charge in [-0.05, 0) is 29.3 Å². The van der Waals surface area contributed by atoms with Gasteiger partial charge in [0.15, 0.2) is 17.3 Å². The van der Waals surface area contributed by atoms with Crippen LogP contribution in [-0.4, -0.2) is 42.1 Å². The molecule has 7 nitrogen and oxygen atoms in total. The zero-order chi connectivity index (χ0) is 21.1. The summed E-state index contributed by atoms with van der Waals surface area (Å²) in [6.45, 7) is 9.17. The van der Waals surface area contributed by atoms with Gasteiger partial charge in [-0.1, -0.05) is 35.9 Å². The summed E-state index contributed by atoms with van der Waals surface area (Å²) in [6, 6.07) is 11.1. The normalized spacial score (nSPS) is 13.3. The van der Waals surface area contributed by atoms with Crippen LogP contribution >= 0.6 is 11.6 Å². The van der Waals surface area contributed by atoms with E-state index in [0.717, 1.165) is 27.7 Å². The van der Waals surface area contributed by atoms with Gasteiger partial charge in [0.1, 0.15) is 5.75 Å². The lowest BCUT2D eigenvalue weighted by Crippen LogP contribution is -2.22. The molecule has 0 radical (unpaired) electrons. The minimum absolute atomic E-state index is 0.0355. The highest BCUT2D eigenvalue weighted by Gasteiger charge is 2.20. The number of aliphatic hydroxyl groups excluding tert-OH is 1. The molecule has 0 unspecified atom stereocenters. The number of rotatable bonds is 6. The molecule has 1 aliphatic rings. The molecule has 1 aliphatic heterocycles. The first-order valence-corrected chi connectivity index (χ1v) is 9.78. The van der Waals surface area contributed by atoms with Crippen LogP contribution < -0.4 is 15.0 Å². The third kappa shape index (κ3) is 3.88. The maximum Gasteiger partial charge on any atom is 0.188 e. The third-order valence-electron chi connectivity index (χ3n) is 5.05. The molecule has 0 saturated carbocycles. The van der Waals surface area contributed by atoms with Crippen LogP contribution in [0.25, 0.3) is 15.6 Å². The van der Waals surface area contributed by atoms with Crippen LogP contribution in [0.3, 0.4) is 0 Å². The molecule has 3 aromatic rings. The predicted octanol–water partition coefficient (Wildman–Crippen LogP) is 4.19. The summed E-state index contributed by atoms with van der Waals surface area (Å²) in [7, 11) is 1.58. The van der Waals surface area contributed by atoms with E-state index in [9.17, 15) is 5.11 Å². The molecule has 0 saturated heterocycles. The number of ether oxygens (including phenoxy) is 1. The number of hydrogen-bond acceptors (Lipinski definition) is 6. The van der Waals surface area contributed by atoms with E-state index in [2.05, 4.69) is 25.3 Å². The Morgan fingerprint density at radius 1 is 1.23 bits per heavy atom. The van der Waals surface area contributed by atoms with Crippen molar-refractivity contribution in [2.24, 2.45) is 0 Å². The summed E-state index contributed by atoms with van der Waals surface area (Å²) >= 11 is 6.22. The van der Waals surface area contributed by atoms with Crippen molar-refractivity contribution in [3.8, 4) is 5.75 Å². The maximum atomic E-state index is 9.40. The minimum Gasteiger partial charge on any atom is -0.495 e. The lowest BCUT2D eigenvalue weighted by Gasteiger charge is -2.20. The van der Waals surface area contributed by atoms with Crippen LogP contribution in [0.15, 0.2) is 48.0 Å². The Balaban J connectivity index is 1.66. The van der Waals surface area contributed by atoms with Crippen molar-refractivity contribution in [1.82, 2.24) is 10.2 Å². The van der Waals surface area contributed by atoms with Gasteiger partial charge in [-0.25, -0.2) is 4.85 Å². The van der Waals surface area contributed by atoms with E-state index < -0.39 is 0 Å². The minimum atomic E-state index is 0.0355. The first kappa shape index (κ1) is 20.0. The molecular weight excluding hydrogens is 402 g/mol. The summed E-state index contributed by atoms with van der Waals surface area (Å²) in [5, 5.41) is 23.8. The van der Waals surface area contributed by atoms with Crippen molar-refractivity contribution in [2.45, 2.75) is 6.54 Å². The Morgan fingerprint density at radius 2 is 2.10 bits per heavy atom. The number of methoxy groups -OCH3 is 1. The van der Waals surface area contributed by atoms with Crippen LogP contribution in [-0.2, 0) is 6.54 Å². The molecule has 0 fully saturated rings. The zero-order valence-corrected chi connectivity index (χ0v) is 17.1. The number of nitrogens with zero attached hydrogens (tertiary/aromatic N) is 4. The summed E-state index contributed by atoms with van der Waals surface area (Å²) in [6.07, 6.45) is 2.00. The Labute approximate surface area is 179 Å². The highest BCUT2D eigenvalue weighted by Crippen LogP contribution is 2.33. The molecule has 2 aromatic carbocycles. The van der Waals surface area contributed by atoms with Gasteiger partial charge >= 0.3 is 0 Å². The second kappa shape index (κ2) is 8.57. The molecule has 2 heterocycles. The fourth-order valence-corrected chi connectivity index (χ4v) is 3.74. The largest absolute Gasteiger partial charge is 0.495 e. The van der Waals surface area contributed by atoms with Gasteiger partial charge in [0.2, 0.25) is 0 Å². The van der Waals surface area contributed by atoms with Gasteiger partial charge in [0, 0.05) is 30.4 Å². The monoisotopic (exact) mass is 421 g/mol. The molecule has 8 heteroatoms. The Hall–Kier alpha value is -3.34. The summed E-state index contributed by atoms with van der Waals surface area (Å²) in [5.74, 6) is 1.96. The second-order valence-electron chi connectivity index (χ2n) is 6.94. The van der Waals surface area contributed by atoms with Crippen LogP contribution in [0.5, 0.6) is 5.75 Å². The molecule has 0 aliphatic carbocycles. The van der Waals surface area contributed by atoms with E-state index in [0.29, 0.717) is 41.9 Å². The summed E-state index contributed by atoms with van der Waals surface area (Å²) < 4.78 is 5.20. The van der Waals surface area contributed by atoms with Crippen molar-refractivity contribution in [3.05, 3.63) is 70.1 Å². The van der Waals surface area contributed by atoms with Gasteiger partial charge in [-0.3, -0.25) is 0 Å². The lowest BCUT2D eigenvalue weighted by molar-refractivity contribution is 0.330. The first-order valence-electron chi connectivity index (χ1n) is 9.41. The fourth-order valence-electron chi connectivity index (χ4n) is 3.46. The van der Waals surface area contributed by atoms with Crippen molar-refractivity contribution < 1.29 is 9.84 Å². The number of benzene rings is 2. The van der Waals surface area contributed by atoms with Crippen molar-refractivity contribution in [3.63, 3.8) is 0 Å². The number of hydrogen-bond donors (Lipinski definition) is 2. The molecular formula is C22H20ClN5O2. The topological polar surface area (TPSA) is 74.9 Å². The van der Waals surface area contributed by atoms with Crippen LogP contribution in [0.1, 0.15) is 5.56 Å². The van der Waals surface area contributed by atoms with Crippen LogP contribution in [0.4, 0.5) is 17.3 Å². The van der Waals surface area contributed by atoms with Gasteiger partial charge in [0.05, 0.1) is 25.3 Å². The van der Waals surface area contributed by atoms with E-state index in [4.69, 9.17) is 22.9 Å². The van der Waals surface area contributed by atoms with Crippen LogP contribution in [0, 0.1) is 6.57 Å². The van der Waals surface area contributed by atoms with Gasteiger partial charge < -0.3 is 20.1 Å². The van der Waals surface area contributed by atoms with Gasteiger partial charge in [-0.2, -0.15) is 0 Å². The van der Waals surface area contributed by atoms with E-state index in [1.807, 2.05) is 36.4 Å². The van der Waals surface area contributed by atoms with E-state index in [1.54, 1.807) is 13.2 Å². The Kier molecular flexibility index (Phi) is 5.70. The van der Waals surface area contributed by atoms with Crippen LogP contribution in [0.2, 0.25) is 5.02 Å². The van der Waals surface area contributed by atoms with Gasteiger partial charge in [0.25, 0.3) is 0 Å². The molecule has 0 amide bonds. The number of aromatic nitrogens is 2. The Morgan fingerprint density at radius 3 is 2.80 bits per heavy atom. The number of halogens is 1.